The molecular formula is C24H25FN4O2. The van der Waals surface area contributed by atoms with Gasteiger partial charge in [-0.3, -0.25) is 4.79 Å². The van der Waals surface area contributed by atoms with Crippen molar-refractivity contribution < 1.29 is 13.9 Å². The highest BCUT2D eigenvalue weighted by molar-refractivity contribution is 5.95. The molecule has 2 heterocycles. The summed E-state index contributed by atoms with van der Waals surface area (Å²) in [6.45, 7) is 5.09. The third-order valence-electron chi connectivity index (χ3n) is 5.40. The Hall–Kier alpha value is -3.32. The predicted molar refractivity (Wildman–Crippen MR) is 117 cm³/mol. The summed E-state index contributed by atoms with van der Waals surface area (Å²) in [6, 6.07) is 17.7. The summed E-state index contributed by atoms with van der Waals surface area (Å²) in [5.41, 5.74) is 3.24. The van der Waals surface area contributed by atoms with Crippen LogP contribution in [-0.2, 0) is 4.74 Å². The number of amides is 1. The van der Waals surface area contributed by atoms with Crippen LogP contribution in [0.2, 0.25) is 0 Å². The summed E-state index contributed by atoms with van der Waals surface area (Å²) in [5.74, 6) is 0.635. The number of morpholine rings is 1. The molecule has 4 rings (SSSR count). The molecule has 2 aromatic carbocycles. The Morgan fingerprint density at radius 3 is 2.58 bits per heavy atom. The Labute approximate surface area is 181 Å². The Morgan fingerprint density at radius 2 is 1.87 bits per heavy atom. The zero-order chi connectivity index (χ0) is 21.6. The zero-order valence-corrected chi connectivity index (χ0v) is 17.4. The van der Waals surface area contributed by atoms with Gasteiger partial charge in [-0.1, -0.05) is 31.2 Å². The van der Waals surface area contributed by atoms with Crippen molar-refractivity contribution in [2.75, 3.05) is 38.2 Å². The van der Waals surface area contributed by atoms with E-state index >= 15 is 0 Å². The maximum Gasteiger partial charge on any atom is 0.254 e. The number of hydrogen-bond donors (Lipinski definition) is 1. The van der Waals surface area contributed by atoms with E-state index in [0.29, 0.717) is 49.9 Å². The van der Waals surface area contributed by atoms with Gasteiger partial charge >= 0.3 is 0 Å². The van der Waals surface area contributed by atoms with E-state index in [1.54, 1.807) is 12.1 Å². The molecule has 1 saturated heterocycles. The van der Waals surface area contributed by atoms with Gasteiger partial charge in [-0.2, -0.15) is 0 Å². The van der Waals surface area contributed by atoms with Gasteiger partial charge in [0.15, 0.2) is 0 Å². The van der Waals surface area contributed by atoms with Gasteiger partial charge in [0.05, 0.1) is 18.9 Å². The van der Waals surface area contributed by atoms with Crippen LogP contribution < -0.4 is 5.32 Å². The maximum atomic E-state index is 13.1. The summed E-state index contributed by atoms with van der Waals surface area (Å²) < 4.78 is 18.4. The molecule has 7 heteroatoms. The van der Waals surface area contributed by atoms with Crippen LogP contribution in [0.15, 0.2) is 60.7 Å². The average Bonchev–Trinajstić information content (AvgIpc) is 2.83. The van der Waals surface area contributed by atoms with Crippen LogP contribution in [0.4, 0.5) is 10.2 Å². The largest absolute Gasteiger partial charge is 0.378 e. The van der Waals surface area contributed by atoms with Crippen LogP contribution in [0, 0.1) is 5.82 Å². The number of ether oxygens (including phenoxy) is 1. The molecule has 0 saturated carbocycles. The average molecular weight is 420 g/mol. The minimum Gasteiger partial charge on any atom is -0.378 e. The summed E-state index contributed by atoms with van der Waals surface area (Å²) in [7, 11) is 0. The minimum atomic E-state index is -0.235. The molecule has 3 aromatic rings. The van der Waals surface area contributed by atoms with Crippen LogP contribution in [0.3, 0.4) is 0 Å². The van der Waals surface area contributed by atoms with E-state index in [-0.39, 0.29) is 17.6 Å². The Morgan fingerprint density at radius 1 is 1.10 bits per heavy atom. The first-order chi connectivity index (χ1) is 15.1. The highest BCUT2D eigenvalue weighted by Crippen LogP contribution is 2.21. The summed E-state index contributed by atoms with van der Waals surface area (Å²) in [6.07, 6.45) is 0. The number of halogens is 1. The van der Waals surface area contributed by atoms with Crippen molar-refractivity contribution >= 4 is 11.7 Å². The predicted octanol–water partition coefficient (Wildman–Crippen LogP) is 3.97. The summed E-state index contributed by atoms with van der Waals surface area (Å²) >= 11 is 0. The van der Waals surface area contributed by atoms with E-state index in [4.69, 9.17) is 4.74 Å². The molecule has 160 valence electrons. The monoisotopic (exact) mass is 420 g/mol. The molecule has 1 fully saturated rings. The number of nitrogens with one attached hydrogen (secondary N) is 1. The first-order valence-corrected chi connectivity index (χ1v) is 10.4. The summed E-state index contributed by atoms with van der Waals surface area (Å²) in [5, 5.41) is 11.9. The van der Waals surface area contributed by atoms with Gasteiger partial charge in [0.2, 0.25) is 0 Å². The number of rotatable bonds is 6. The lowest BCUT2D eigenvalue weighted by atomic mass is 10.0. The summed E-state index contributed by atoms with van der Waals surface area (Å²) in [4.78, 5) is 14.5. The van der Waals surface area contributed by atoms with Gasteiger partial charge < -0.3 is 15.0 Å². The molecule has 0 aliphatic carbocycles. The van der Waals surface area contributed by atoms with E-state index < -0.39 is 0 Å². The lowest BCUT2D eigenvalue weighted by molar-refractivity contribution is 0.0303. The third kappa shape index (κ3) is 5.24. The Bertz CT molecular complexity index is 1020. The zero-order valence-electron chi connectivity index (χ0n) is 17.4. The topological polar surface area (TPSA) is 67.4 Å². The number of anilines is 1. The highest BCUT2D eigenvalue weighted by Gasteiger charge is 2.19. The molecule has 0 spiro atoms. The molecule has 31 heavy (non-hydrogen) atoms. The van der Waals surface area contributed by atoms with E-state index in [9.17, 15) is 9.18 Å². The Balaban J connectivity index is 1.39. The number of benzene rings is 2. The smallest absolute Gasteiger partial charge is 0.254 e. The van der Waals surface area contributed by atoms with Gasteiger partial charge in [0.1, 0.15) is 11.6 Å². The molecule has 6 nitrogen and oxygen atoms in total. The second-order valence-corrected chi connectivity index (χ2v) is 7.62. The second kappa shape index (κ2) is 9.66. The van der Waals surface area contributed by atoms with Gasteiger partial charge in [0, 0.05) is 30.8 Å². The van der Waals surface area contributed by atoms with Crippen molar-refractivity contribution in [3.05, 3.63) is 77.6 Å². The number of aromatic nitrogens is 2. The molecule has 1 N–H and O–H groups in total. The number of carbonyl (C=O) groups excluding carboxylic acids is 1. The number of carbonyl (C=O) groups is 1. The van der Waals surface area contributed by atoms with E-state index in [0.717, 1.165) is 11.1 Å². The van der Waals surface area contributed by atoms with Crippen molar-refractivity contribution in [3.63, 3.8) is 0 Å². The molecule has 1 aliphatic heterocycles. The molecule has 1 aromatic heterocycles. The van der Waals surface area contributed by atoms with Crippen LogP contribution in [0.1, 0.15) is 28.8 Å². The van der Waals surface area contributed by atoms with E-state index in [1.807, 2.05) is 41.3 Å². The van der Waals surface area contributed by atoms with Gasteiger partial charge in [-0.15, -0.1) is 10.2 Å². The minimum absolute atomic E-state index is 0.00572. The maximum absolute atomic E-state index is 13.1. The van der Waals surface area contributed by atoms with Crippen molar-refractivity contribution in [3.8, 4) is 11.3 Å². The van der Waals surface area contributed by atoms with Gasteiger partial charge in [-0.25, -0.2) is 4.39 Å². The second-order valence-electron chi connectivity index (χ2n) is 7.62. The SMILES string of the molecule is CC(CNc1ccc(-c2cccc(C(=O)N3CCOCC3)c2)nn1)c1ccc(F)cc1. The normalized spacial score (nSPS) is 14.8. The standard InChI is InChI=1S/C24H25FN4O2/c1-17(18-5-7-21(25)8-6-18)16-26-23-10-9-22(27-28-23)19-3-2-4-20(15-19)24(30)29-11-13-31-14-12-29/h2-10,15,17H,11-14,16H2,1H3,(H,26,28). The molecule has 1 atom stereocenters. The van der Waals surface area contributed by atoms with Gasteiger partial charge in [0.25, 0.3) is 5.91 Å². The highest BCUT2D eigenvalue weighted by atomic mass is 19.1. The quantitative estimate of drug-likeness (QED) is 0.654. The fraction of sp³-hybridized carbons (Fsp3) is 0.292. The first-order valence-electron chi connectivity index (χ1n) is 10.4. The van der Waals surface area contributed by atoms with Crippen molar-refractivity contribution in [1.29, 1.82) is 0 Å². The van der Waals surface area contributed by atoms with Crippen LogP contribution in [0.5, 0.6) is 0 Å². The Kier molecular flexibility index (Phi) is 6.52. The van der Waals surface area contributed by atoms with Crippen LogP contribution >= 0.6 is 0 Å². The van der Waals surface area contributed by atoms with Gasteiger partial charge in [-0.05, 0) is 47.9 Å². The molecule has 0 bridgehead atoms. The molecular weight excluding hydrogens is 395 g/mol. The van der Waals surface area contributed by atoms with Crippen molar-refractivity contribution in [2.45, 2.75) is 12.8 Å². The number of nitrogens with zero attached hydrogens (tertiary/aromatic N) is 3. The lowest BCUT2D eigenvalue weighted by Gasteiger charge is -2.27. The fourth-order valence-electron chi connectivity index (χ4n) is 3.51. The van der Waals surface area contributed by atoms with Crippen molar-refractivity contribution in [1.82, 2.24) is 15.1 Å². The molecule has 1 unspecified atom stereocenters. The van der Waals surface area contributed by atoms with E-state index in [1.165, 1.54) is 12.1 Å². The third-order valence-corrected chi connectivity index (χ3v) is 5.40. The van der Waals surface area contributed by atoms with Crippen LogP contribution in [0.25, 0.3) is 11.3 Å². The molecule has 0 radical (unpaired) electrons. The fourth-order valence-corrected chi connectivity index (χ4v) is 3.51. The van der Waals surface area contributed by atoms with Crippen LogP contribution in [-0.4, -0.2) is 53.9 Å². The molecule has 1 amide bonds. The lowest BCUT2D eigenvalue weighted by Crippen LogP contribution is -2.40. The molecule has 1 aliphatic rings. The van der Waals surface area contributed by atoms with E-state index in [2.05, 4.69) is 22.4 Å². The van der Waals surface area contributed by atoms with Crippen molar-refractivity contribution in [2.24, 2.45) is 0 Å². The first kappa shape index (κ1) is 20.9. The number of hydrogen-bond acceptors (Lipinski definition) is 5.